The molecule has 3 nitrogen and oxygen atoms in total. The number of rotatable bonds is 3. The van der Waals surface area contributed by atoms with Crippen LogP contribution in [-0.4, -0.2) is 5.97 Å². The molecule has 0 aliphatic rings. The second-order valence-corrected chi connectivity index (χ2v) is 5.75. The maximum atomic E-state index is 11.9. The topological polar surface area (TPSA) is 52.3 Å². The number of halogens is 1. The van der Waals surface area contributed by atoms with Crippen molar-refractivity contribution in [3.05, 3.63) is 50.1 Å². The molecule has 0 radical (unpaired) electrons. The fourth-order valence-electron chi connectivity index (χ4n) is 1.50. The van der Waals surface area contributed by atoms with E-state index in [2.05, 4.69) is 15.9 Å². The number of nitrogen functional groups attached to an aromatic ring is 1. The first-order valence-corrected chi connectivity index (χ1v) is 7.00. The van der Waals surface area contributed by atoms with Crippen LogP contribution >= 0.6 is 27.3 Å². The lowest BCUT2D eigenvalue weighted by Crippen LogP contribution is -2.08. The second-order valence-electron chi connectivity index (χ2n) is 3.84. The lowest BCUT2D eigenvalue weighted by atomic mass is 10.1. The minimum atomic E-state index is -0.388. The third-order valence-corrected chi connectivity index (χ3v) is 4.18. The molecule has 0 spiro atoms. The molecule has 2 aromatic rings. The Balaban J connectivity index is 2.06. The number of anilines is 1. The largest absolute Gasteiger partial charge is 0.456 e. The summed E-state index contributed by atoms with van der Waals surface area (Å²) in [5.74, 6) is -0.388. The number of para-hydroxylation sites is 1. The summed E-state index contributed by atoms with van der Waals surface area (Å²) in [6.45, 7) is 2.13. The summed E-state index contributed by atoms with van der Waals surface area (Å²) in [6, 6.07) is 7.26. The van der Waals surface area contributed by atoms with E-state index in [1.807, 2.05) is 24.4 Å². The average Bonchev–Trinajstić information content (AvgIpc) is 2.76. The number of nitrogens with two attached hydrogens (primary N) is 1. The molecule has 2 rings (SSSR count). The van der Waals surface area contributed by atoms with E-state index in [1.165, 1.54) is 11.3 Å². The predicted molar refractivity (Wildman–Crippen MR) is 76.7 cm³/mol. The van der Waals surface area contributed by atoms with E-state index < -0.39 is 0 Å². The standard InChI is InChI=1S/C13H12BrNO2S/c1-8-3-2-4-11(12(8)15)13(16)17-6-10-5-9(14)7-18-10/h2-5,7H,6,15H2,1H3. The molecule has 1 aromatic carbocycles. The monoisotopic (exact) mass is 325 g/mol. The molecule has 1 heterocycles. The minimum Gasteiger partial charge on any atom is -0.456 e. The number of hydrogen-bond acceptors (Lipinski definition) is 4. The zero-order chi connectivity index (χ0) is 13.1. The molecule has 0 amide bonds. The molecule has 0 saturated heterocycles. The van der Waals surface area contributed by atoms with Gasteiger partial charge in [0.05, 0.1) is 5.56 Å². The highest BCUT2D eigenvalue weighted by Gasteiger charge is 2.12. The van der Waals surface area contributed by atoms with Crippen LogP contribution < -0.4 is 5.73 Å². The Hall–Kier alpha value is -1.33. The Kier molecular flexibility index (Phi) is 4.04. The molecule has 0 aliphatic heterocycles. The summed E-state index contributed by atoms with van der Waals surface area (Å²) in [5.41, 5.74) is 7.63. The van der Waals surface area contributed by atoms with Crippen molar-refractivity contribution in [1.29, 1.82) is 0 Å². The summed E-state index contributed by atoms with van der Waals surface area (Å²) in [4.78, 5) is 12.9. The number of esters is 1. The average molecular weight is 326 g/mol. The van der Waals surface area contributed by atoms with Crippen molar-refractivity contribution >= 4 is 38.9 Å². The maximum Gasteiger partial charge on any atom is 0.340 e. The first kappa shape index (κ1) is 13.1. The molecule has 0 bridgehead atoms. The number of aryl methyl sites for hydroxylation is 1. The Morgan fingerprint density at radius 1 is 1.50 bits per heavy atom. The summed E-state index contributed by atoms with van der Waals surface area (Å²) in [7, 11) is 0. The van der Waals surface area contributed by atoms with Crippen LogP contribution in [0.1, 0.15) is 20.8 Å². The highest BCUT2D eigenvalue weighted by atomic mass is 79.9. The van der Waals surface area contributed by atoms with E-state index in [4.69, 9.17) is 10.5 Å². The van der Waals surface area contributed by atoms with Crippen molar-refractivity contribution in [2.45, 2.75) is 13.5 Å². The molecule has 0 unspecified atom stereocenters. The third-order valence-electron chi connectivity index (χ3n) is 2.51. The van der Waals surface area contributed by atoms with E-state index in [9.17, 15) is 4.79 Å². The SMILES string of the molecule is Cc1cccc(C(=O)OCc2cc(Br)cs2)c1N. The van der Waals surface area contributed by atoms with Crippen LogP contribution in [0.25, 0.3) is 0 Å². The van der Waals surface area contributed by atoms with Gasteiger partial charge in [0.1, 0.15) is 6.61 Å². The van der Waals surface area contributed by atoms with Gasteiger partial charge >= 0.3 is 5.97 Å². The Bertz CT molecular complexity index is 580. The van der Waals surface area contributed by atoms with Gasteiger partial charge in [-0.3, -0.25) is 0 Å². The zero-order valence-electron chi connectivity index (χ0n) is 9.77. The lowest BCUT2D eigenvalue weighted by Gasteiger charge is -2.07. The lowest BCUT2D eigenvalue weighted by molar-refractivity contribution is 0.0478. The van der Waals surface area contributed by atoms with Crippen LogP contribution in [0.4, 0.5) is 5.69 Å². The van der Waals surface area contributed by atoms with E-state index in [0.29, 0.717) is 11.3 Å². The molecule has 2 N–H and O–H groups in total. The predicted octanol–water partition coefficient (Wildman–Crippen LogP) is 3.76. The zero-order valence-corrected chi connectivity index (χ0v) is 12.2. The highest BCUT2D eigenvalue weighted by Crippen LogP contribution is 2.22. The number of hydrogen-bond donors (Lipinski definition) is 1. The molecule has 0 atom stereocenters. The van der Waals surface area contributed by atoms with Gasteiger partial charge in [-0.2, -0.15) is 0 Å². The Morgan fingerprint density at radius 3 is 2.94 bits per heavy atom. The molecule has 94 valence electrons. The van der Waals surface area contributed by atoms with E-state index >= 15 is 0 Å². The minimum absolute atomic E-state index is 0.266. The van der Waals surface area contributed by atoms with Crippen LogP contribution in [-0.2, 0) is 11.3 Å². The molecular weight excluding hydrogens is 314 g/mol. The molecule has 5 heteroatoms. The summed E-state index contributed by atoms with van der Waals surface area (Å²) >= 11 is 4.89. The van der Waals surface area contributed by atoms with Gasteiger partial charge in [0.2, 0.25) is 0 Å². The summed E-state index contributed by atoms with van der Waals surface area (Å²) < 4.78 is 6.23. The van der Waals surface area contributed by atoms with Gasteiger partial charge in [0.25, 0.3) is 0 Å². The number of carbonyl (C=O) groups is 1. The van der Waals surface area contributed by atoms with Crippen LogP contribution in [0.3, 0.4) is 0 Å². The van der Waals surface area contributed by atoms with E-state index in [0.717, 1.165) is 14.9 Å². The number of thiophene rings is 1. The first-order chi connectivity index (χ1) is 8.58. The number of benzene rings is 1. The van der Waals surface area contributed by atoms with E-state index in [-0.39, 0.29) is 12.6 Å². The van der Waals surface area contributed by atoms with Crippen molar-refractivity contribution in [2.24, 2.45) is 0 Å². The second kappa shape index (κ2) is 5.54. The van der Waals surface area contributed by atoms with Crippen LogP contribution in [0, 0.1) is 6.92 Å². The molecule has 0 saturated carbocycles. The van der Waals surface area contributed by atoms with Crippen LogP contribution in [0.5, 0.6) is 0 Å². The van der Waals surface area contributed by atoms with Gasteiger partial charge in [0.15, 0.2) is 0 Å². The summed E-state index contributed by atoms with van der Waals surface area (Å²) in [6.07, 6.45) is 0. The van der Waals surface area contributed by atoms with Gasteiger partial charge in [-0.05, 0) is 40.5 Å². The molecule has 0 fully saturated rings. The molecular formula is C13H12BrNO2S. The van der Waals surface area contributed by atoms with Gasteiger partial charge in [-0.15, -0.1) is 11.3 Å². The van der Waals surface area contributed by atoms with Crippen molar-refractivity contribution in [1.82, 2.24) is 0 Å². The van der Waals surface area contributed by atoms with Gasteiger partial charge < -0.3 is 10.5 Å². The fourth-order valence-corrected chi connectivity index (χ4v) is 2.86. The van der Waals surface area contributed by atoms with Gasteiger partial charge in [-0.25, -0.2) is 4.79 Å². The van der Waals surface area contributed by atoms with Crippen LogP contribution in [0.2, 0.25) is 0 Å². The van der Waals surface area contributed by atoms with Gasteiger partial charge in [-0.1, -0.05) is 12.1 Å². The fraction of sp³-hybridized carbons (Fsp3) is 0.154. The summed E-state index contributed by atoms with van der Waals surface area (Å²) in [5, 5.41) is 1.95. The van der Waals surface area contributed by atoms with E-state index in [1.54, 1.807) is 12.1 Å². The van der Waals surface area contributed by atoms with Crippen molar-refractivity contribution < 1.29 is 9.53 Å². The Labute approximate surface area is 118 Å². The number of ether oxygens (including phenoxy) is 1. The van der Waals surface area contributed by atoms with Crippen molar-refractivity contribution in [2.75, 3.05) is 5.73 Å². The third kappa shape index (κ3) is 2.91. The maximum absolute atomic E-state index is 11.9. The van der Waals surface area contributed by atoms with Gasteiger partial charge in [0, 0.05) is 20.4 Å². The number of carbonyl (C=O) groups excluding carboxylic acids is 1. The Morgan fingerprint density at radius 2 is 2.28 bits per heavy atom. The molecule has 18 heavy (non-hydrogen) atoms. The molecule has 0 aliphatic carbocycles. The van der Waals surface area contributed by atoms with Crippen molar-refractivity contribution in [3.8, 4) is 0 Å². The molecule has 1 aromatic heterocycles. The smallest absolute Gasteiger partial charge is 0.340 e. The highest BCUT2D eigenvalue weighted by molar-refractivity contribution is 9.10. The van der Waals surface area contributed by atoms with Crippen LogP contribution in [0.15, 0.2) is 34.1 Å². The first-order valence-electron chi connectivity index (χ1n) is 5.33. The quantitative estimate of drug-likeness (QED) is 0.690. The van der Waals surface area contributed by atoms with Crippen molar-refractivity contribution in [3.63, 3.8) is 0 Å². The normalized spacial score (nSPS) is 10.3.